The Morgan fingerprint density at radius 2 is 1.59 bits per heavy atom. The molecule has 0 unspecified atom stereocenters. The van der Waals surface area contributed by atoms with Crippen molar-refractivity contribution in [1.82, 2.24) is 5.32 Å². The summed E-state index contributed by atoms with van der Waals surface area (Å²) in [6.45, 7) is 0. The number of rotatable bonds is 6. The number of anilines is 1. The van der Waals surface area contributed by atoms with Crippen LogP contribution in [-0.2, 0) is 4.79 Å². The molecule has 0 bridgehead atoms. The van der Waals surface area contributed by atoms with E-state index in [-0.39, 0.29) is 22.5 Å². The smallest absolute Gasteiger partial charge is 0.406 e. The van der Waals surface area contributed by atoms with Crippen molar-refractivity contribution in [1.29, 1.82) is 0 Å². The van der Waals surface area contributed by atoms with Gasteiger partial charge < -0.3 is 15.4 Å². The summed E-state index contributed by atoms with van der Waals surface area (Å²) in [6.07, 6.45) is -3.76. The fraction of sp³-hybridized carbons (Fsp3) is 0.0435. The number of carbonyl (C=O) groups excluding carboxylic acids is 2. The molecule has 2 N–H and O–H groups in total. The van der Waals surface area contributed by atoms with Gasteiger partial charge in [0.05, 0.1) is 5.56 Å². The molecule has 0 aliphatic carbocycles. The van der Waals surface area contributed by atoms with Crippen LogP contribution in [0.2, 0.25) is 0 Å². The number of hydrogen-bond acceptors (Lipinski definition) is 3. The Morgan fingerprint density at radius 3 is 2.21 bits per heavy atom. The maximum absolute atomic E-state index is 13.6. The fourth-order valence-electron chi connectivity index (χ4n) is 2.70. The summed E-state index contributed by atoms with van der Waals surface area (Å²) in [5, 5.41) is 4.82. The van der Waals surface area contributed by atoms with Gasteiger partial charge in [0.25, 0.3) is 11.8 Å². The molecule has 0 fully saturated rings. The maximum Gasteiger partial charge on any atom is 0.573 e. The van der Waals surface area contributed by atoms with E-state index in [1.807, 2.05) is 0 Å². The van der Waals surface area contributed by atoms with E-state index in [9.17, 15) is 31.5 Å². The Morgan fingerprint density at radius 1 is 0.912 bits per heavy atom. The second kappa shape index (κ2) is 10.5. The van der Waals surface area contributed by atoms with Crippen molar-refractivity contribution >= 4 is 39.5 Å². The summed E-state index contributed by atoms with van der Waals surface area (Å²) in [5.41, 5.74) is 0.0266. The molecule has 0 spiro atoms. The van der Waals surface area contributed by atoms with Gasteiger partial charge in [-0.15, -0.1) is 13.2 Å². The molecule has 0 radical (unpaired) electrons. The number of amides is 2. The van der Waals surface area contributed by atoms with Crippen LogP contribution < -0.4 is 15.4 Å². The van der Waals surface area contributed by atoms with Crippen LogP contribution in [0.25, 0.3) is 6.08 Å². The monoisotopic (exact) mass is 540 g/mol. The summed E-state index contributed by atoms with van der Waals surface area (Å²) in [4.78, 5) is 25.6. The third-order valence-corrected chi connectivity index (χ3v) is 4.90. The van der Waals surface area contributed by atoms with E-state index in [2.05, 4.69) is 31.3 Å². The van der Waals surface area contributed by atoms with Gasteiger partial charge in [0.1, 0.15) is 11.4 Å². The summed E-state index contributed by atoms with van der Waals surface area (Å²) in [6, 6.07) is 13.5. The number of hydrogen-bond donors (Lipinski definition) is 2. The van der Waals surface area contributed by atoms with E-state index >= 15 is 0 Å². The average Bonchev–Trinajstić information content (AvgIpc) is 2.76. The van der Waals surface area contributed by atoms with Crippen molar-refractivity contribution in [2.24, 2.45) is 0 Å². The predicted octanol–water partition coefficient (Wildman–Crippen LogP) is 6.04. The molecule has 0 heterocycles. The van der Waals surface area contributed by atoms with Crippen molar-refractivity contribution in [3.05, 3.63) is 99.7 Å². The van der Waals surface area contributed by atoms with Gasteiger partial charge in [-0.05, 0) is 76.1 Å². The second-order valence-electron chi connectivity index (χ2n) is 6.69. The van der Waals surface area contributed by atoms with Gasteiger partial charge >= 0.3 is 6.36 Å². The van der Waals surface area contributed by atoms with Crippen molar-refractivity contribution in [2.45, 2.75) is 6.36 Å². The molecule has 176 valence electrons. The maximum atomic E-state index is 13.6. The molecular weight excluding hydrogens is 527 g/mol. The highest BCUT2D eigenvalue weighted by Gasteiger charge is 2.31. The Balaban J connectivity index is 1.87. The zero-order valence-corrected chi connectivity index (χ0v) is 18.5. The topological polar surface area (TPSA) is 67.4 Å². The molecule has 0 aromatic heterocycles. The summed E-state index contributed by atoms with van der Waals surface area (Å²) < 4.78 is 68.0. The van der Waals surface area contributed by atoms with Gasteiger partial charge in [0.15, 0.2) is 11.6 Å². The molecule has 0 saturated heterocycles. The van der Waals surface area contributed by atoms with E-state index in [0.29, 0.717) is 4.47 Å². The number of benzene rings is 3. The van der Waals surface area contributed by atoms with Crippen LogP contribution >= 0.6 is 15.9 Å². The zero-order valence-electron chi connectivity index (χ0n) is 16.9. The van der Waals surface area contributed by atoms with Gasteiger partial charge in [-0.1, -0.05) is 18.2 Å². The highest BCUT2D eigenvalue weighted by Crippen LogP contribution is 2.24. The number of ether oxygens (including phenoxy) is 1. The van der Waals surface area contributed by atoms with Gasteiger partial charge in [-0.2, -0.15) is 0 Å². The van der Waals surface area contributed by atoms with Crippen molar-refractivity contribution in [2.75, 3.05) is 5.32 Å². The van der Waals surface area contributed by atoms with Crippen molar-refractivity contribution in [3.63, 3.8) is 0 Å². The van der Waals surface area contributed by atoms with E-state index < -0.39 is 35.6 Å². The van der Waals surface area contributed by atoms with E-state index in [0.717, 1.165) is 42.5 Å². The highest BCUT2D eigenvalue weighted by molar-refractivity contribution is 9.10. The molecule has 3 aromatic carbocycles. The van der Waals surface area contributed by atoms with Crippen LogP contribution in [0, 0.1) is 11.6 Å². The molecule has 11 heteroatoms. The number of alkyl halides is 3. The number of halogens is 6. The number of nitrogens with one attached hydrogen (secondary N) is 2. The highest BCUT2D eigenvalue weighted by atomic mass is 79.9. The first-order valence-electron chi connectivity index (χ1n) is 9.41. The standard InChI is InChI=1S/C23H14BrF5N2O3/c24-17-4-2-1-3-16(17)21(32)31-20(12-13-5-10-18(25)19(26)11-13)22(33)30-14-6-8-15(9-7-14)34-23(27,28)29/h1-12H,(H,30,33)(H,31,32)/b20-12-. The lowest BCUT2D eigenvalue weighted by Gasteiger charge is -2.13. The van der Waals surface area contributed by atoms with Crippen LogP contribution in [0.15, 0.2) is 76.9 Å². The van der Waals surface area contributed by atoms with Crippen LogP contribution in [-0.4, -0.2) is 18.2 Å². The summed E-state index contributed by atoms with van der Waals surface area (Å²) in [7, 11) is 0. The van der Waals surface area contributed by atoms with Gasteiger partial charge in [0, 0.05) is 10.2 Å². The summed E-state index contributed by atoms with van der Waals surface area (Å²) >= 11 is 3.23. The normalized spacial score (nSPS) is 11.6. The first-order valence-corrected chi connectivity index (χ1v) is 10.2. The van der Waals surface area contributed by atoms with Crippen LogP contribution in [0.5, 0.6) is 5.75 Å². The Labute approximate surface area is 198 Å². The van der Waals surface area contributed by atoms with Crippen LogP contribution in [0.4, 0.5) is 27.6 Å². The molecule has 0 aliphatic rings. The minimum Gasteiger partial charge on any atom is -0.406 e. The van der Waals surface area contributed by atoms with E-state index in [1.165, 1.54) is 12.1 Å². The molecule has 0 aliphatic heterocycles. The second-order valence-corrected chi connectivity index (χ2v) is 7.55. The SMILES string of the molecule is O=C(Nc1ccc(OC(F)(F)F)cc1)/C(=C/c1ccc(F)c(F)c1)NC(=O)c1ccccc1Br. The third kappa shape index (κ3) is 6.88. The average molecular weight is 541 g/mol. The molecule has 0 atom stereocenters. The first kappa shape index (κ1) is 24.9. The molecule has 3 aromatic rings. The molecule has 0 saturated carbocycles. The van der Waals surface area contributed by atoms with Crippen molar-refractivity contribution in [3.8, 4) is 5.75 Å². The lowest BCUT2D eigenvalue weighted by atomic mass is 10.1. The number of carbonyl (C=O) groups is 2. The zero-order chi connectivity index (χ0) is 24.9. The molecule has 3 rings (SSSR count). The van der Waals surface area contributed by atoms with Gasteiger partial charge in [-0.25, -0.2) is 8.78 Å². The van der Waals surface area contributed by atoms with Gasteiger partial charge in [0.2, 0.25) is 0 Å². The molecule has 5 nitrogen and oxygen atoms in total. The van der Waals surface area contributed by atoms with Gasteiger partial charge in [-0.3, -0.25) is 9.59 Å². The Hall–Kier alpha value is -3.73. The molecular formula is C23H14BrF5N2O3. The third-order valence-electron chi connectivity index (χ3n) is 4.21. The molecule has 34 heavy (non-hydrogen) atoms. The predicted molar refractivity (Wildman–Crippen MR) is 118 cm³/mol. The fourth-order valence-corrected chi connectivity index (χ4v) is 3.17. The largest absolute Gasteiger partial charge is 0.573 e. The summed E-state index contributed by atoms with van der Waals surface area (Å²) in [5.74, 6) is -4.29. The quantitative estimate of drug-likeness (QED) is 0.296. The van der Waals surface area contributed by atoms with E-state index in [4.69, 9.17) is 0 Å². The van der Waals surface area contributed by atoms with Crippen molar-refractivity contribution < 1.29 is 36.3 Å². The lowest BCUT2D eigenvalue weighted by molar-refractivity contribution is -0.274. The van der Waals surface area contributed by atoms with Crippen LogP contribution in [0.3, 0.4) is 0 Å². The minimum atomic E-state index is -4.87. The lowest BCUT2D eigenvalue weighted by Crippen LogP contribution is -2.31. The first-order chi connectivity index (χ1) is 16.0. The Kier molecular flexibility index (Phi) is 7.67. The van der Waals surface area contributed by atoms with E-state index in [1.54, 1.807) is 18.2 Å². The molecule has 2 amide bonds. The Bertz CT molecular complexity index is 1240. The van der Waals surface area contributed by atoms with Crippen LogP contribution in [0.1, 0.15) is 15.9 Å². The minimum absolute atomic E-state index is 0.0744.